The van der Waals surface area contributed by atoms with Crippen molar-refractivity contribution >= 4 is 41.0 Å². The van der Waals surface area contributed by atoms with Crippen molar-refractivity contribution in [1.29, 1.82) is 0 Å². The SMILES string of the molecule is NC(=O)CC(NC(=O)C1CC(=O)N(c2ccc(Cl)cc2)C1)C(=O)O. The summed E-state index contributed by atoms with van der Waals surface area (Å²) in [7, 11) is 0. The monoisotopic (exact) mass is 353 g/mol. The van der Waals surface area contributed by atoms with Crippen molar-refractivity contribution in [3.63, 3.8) is 0 Å². The number of carbonyl (C=O) groups excluding carboxylic acids is 3. The van der Waals surface area contributed by atoms with Gasteiger partial charge in [0.05, 0.1) is 12.3 Å². The van der Waals surface area contributed by atoms with Gasteiger partial charge < -0.3 is 21.1 Å². The molecule has 1 aromatic carbocycles. The number of carbonyl (C=O) groups is 4. The predicted octanol–water partition coefficient (Wildman–Crippen LogP) is 0.138. The van der Waals surface area contributed by atoms with Crippen LogP contribution in [0.3, 0.4) is 0 Å². The molecule has 0 aliphatic carbocycles. The molecule has 2 unspecified atom stereocenters. The third kappa shape index (κ3) is 4.23. The van der Waals surface area contributed by atoms with E-state index < -0.39 is 36.2 Å². The van der Waals surface area contributed by atoms with Crippen LogP contribution in [-0.4, -0.2) is 41.4 Å². The van der Waals surface area contributed by atoms with Gasteiger partial charge in [-0.1, -0.05) is 11.6 Å². The first-order valence-electron chi connectivity index (χ1n) is 7.15. The number of nitrogens with zero attached hydrogens (tertiary/aromatic N) is 1. The highest BCUT2D eigenvalue weighted by Crippen LogP contribution is 2.26. The van der Waals surface area contributed by atoms with E-state index in [1.807, 2.05) is 0 Å². The first-order valence-corrected chi connectivity index (χ1v) is 7.53. The maximum Gasteiger partial charge on any atom is 0.326 e. The number of amides is 3. The molecule has 4 N–H and O–H groups in total. The van der Waals surface area contributed by atoms with Crippen LogP contribution in [0.1, 0.15) is 12.8 Å². The number of anilines is 1. The number of carboxylic acids is 1. The highest BCUT2D eigenvalue weighted by atomic mass is 35.5. The molecule has 24 heavy (non-hydrogen) atoms. The zero-order valence-corrected chi connectivity index (χ0v) is 13.3. The topological polar surface area (TPSA) is 130 Å². The fraction of sp³-hybridized carbons (Fsp3) is 0.333. The zero-order valence-electron chi connectivity index (χ0n) is 12.6. The maximum atomic E-state index is 12.2. The predicted molar refractivity (Wildman–Crippen MR) is 85.3 cm³/mol. The first-order chi connectivity index (χ1) is 11.3. The van der Waals surface area contributed by atoms with Crippen molar-refractivity contribution in [1.82, 2.24) is 5.32 Å². The number of nitrogens with one attached hydrogen (secondary N) is 1. The van der Waals surface area contributed by atoms with Gasteiger partial charge in [0, 0.05) is 23.7 Å². The fourth-order valence-corrected chi connectivity index (χ4v) is 2.57. The van der Waals surface area contributed by atoms with Crippen LogP contribution in [0.5, 0.6) is 0 Å². The Balaban J connectivity index is 2.04. The molecule has 1 saturated heterocycles. The Kier molecular flexibility index (Phi) is 5.40. The summed E-state index contributed by atoms with van der Waals surface area (Å²) in [6.07, 6.45) is -0.556. The number of aliphatic carboxylic acids is 1. The Morgan fingerprint density at radius 1 is 1.33 bits per heavy atom. The minimum absolute atomic E-state index is 0.0443. The molecule has 0 radical (unpaired) electrons. The van der Waals surface area contributed by atoms with E-state index in [2.05, 4.69) is 5.32 Å². The first kappa shape index (κ1) is 17.7. The average molecular weight is 354 g/mol. The van der Waals surface area contributed by atoms with Crippen LogP contribution in [0, 0.1) is 5.92 Å². The minimum Gasteiger partial charge on any atom is -0.480 e. The summed E-state index contributed by atoms with van der Waals surface area (Å²) in [6.45, 7) is 0.120. The second-order valence-electron chi connectivity index (χ2n) is 5.45. The highest BCUT2D eigenvalue weighted by molar-refractivity contribution is 6.30. The molecular formula is C15H16ClN3O5. The van der Waals surface area contributed by atoms with Gasteiger partial charge in [-0.3, -0.25) is 14.4 Å². The summed E-state index contributed by atoms with van der Waals surface area (Å²) >= 11 is 5.80. The number of carboxylic acid groups (broad SMARTS) is 1. The van der Waals surface area contributed by atoms with Gasteiger partial charge in [-0.2, -0.15) is 0 Å². The van der Waals surface area contributed by atoms with Gasteiger partial charge in [0.25, 0.3) is 0 Å². The summed E-state index contributed by atoms with van der Waals surface area (Å²) in [5.74, 6) is -3.76. The number of halogens is 1. The van der Waals surface area contributed by atoms with Crippen LogP contribution in [0.2, 0.25) is 5.02 Å². The quantitative estimate of drug-likeness (QED) is 0.669. The van der Waals surface area contributed by atoms with Crippen molar-refractivity contribution in [2.75, 3.05) is 11.4 Å². The lowest BCUT2D eigenvalue weighted by molar-refractivity contribution is -0.143. The number of rotatable bonds is 6. The van der Waals surface area contributed by atoms with Crippen LogP contribution in [0.25, 0.3) is 0 Å². The molecule has 0 bridgehead atoms. The van der Waals surface area contributed by atoms with Crippen molar-refractivity contribution < 1.29 is 24.3 Å². The Bertz CT molecular complexity index is 676. The van der Waals surface area contributed by atoms with Gasteiger partial charge >= 0.3 is 5.97 Å². The van der Waals surface area contributed by atoms with Crippen molar-refractivity contribution in [2.24, 2.45) is 11.7 Å². The van der Waals surface area contributed by atoms with Crippen molar-refractivity contribution in [2.45, 2.75) is 18.9 Å². The maximum absolute atomic E-state index is 12.2. The molecule has 1 aromatic rings. The zero-order chi connectivity index (χ0) is 17.9. The van der Waals surface area contributed by atoms with Crippen LogP contribution in [0.4, 0.5) is 5.69 Å². The lowest BCUT2D eigenvalue weighted by atomic mass is 10.1. The Labute approximate surface area is 142 Å². The molecule has 1 heterocycles. The van der Waals surface area contributed by atoms with Gasteiger partial charge in [0.15, 0.2) is 0 Å². The number of primary amides is 1. The van der Waals surface area contributed by atoms with Gasteiger partial charge in [-0.25, -0.2) is 4.79 Å². The van der Waals surface area contributed by atoms with Gasteiger partial charge in [0.2, 0.25) is 17.7 Å². The highest BCUT2D eigenvalue weighted by Gasteiger charge is 2.36. The largest absolute Gasteiger partial charge is 0.480 e. The van der Waals surface area contributed by atoms with Crippen LogP contribution in [-0.2, 0) is 19.2 Å². The molecule has 0 spiro atoms. The molecule has 3 amide bonds. The number of nitrogens with two attached hydrogens (primary N) is 1. The Hall–Kier alpha value is -2.61. The van der Waals surface area contributed by atoms with Crippen LogP contribution in [0.15, 0.2) is 24.3 Å². The molecule has 1 aliphatic heterocycles. The van der Waals surface area contributed by atoms with Gasteiger partial charge in [-0.05, 0) is 24.3 Å². The normalized spacial score (nSPS) is 18.3. The summed E-state index contributed by atoms with van der Waals surface area (Å²) in [4.78, 5) is 47.6. The molecule has 1 fully saturated rings. The average Bonchev–Trinajstić information content (AvgIpc) is 2.89. The summed E-state index contributed by atoms with van der Waals surface area (Å²) in [5, 5.41) is 11.8. The van der Waals surface area contributed by atoms with Gasteiger partial charge in [-0.15, -0.1) is 0 Å². The molecular weight excluding hydrogens is 338 g/mol. The van der Waals surface area contributed by atoms with Crippen molar-refractivity contribution in [3.05, 3.63) is 29.3 Å². The molecule has 0 aromatic heterocycles. The van der Waals surface area contributed by atoms with E-state index in [1.54, 1.807) is 24.3 Å². The van der Waals surface area contributed by atoms with E-state index in [0.717, 1.165) is 0 Å². The van der Waals surface area contributed by atoms with E-state index in [4.69, 9.17) is 22.4 Å². The molecule has 1 aliphatic rings. The van der Waals surface area contributed by atoms with E-state index in [1.165, 1.54) is 4.90 Å². The van der Waals surface area contributed by atoms with E-state index in [9.17, 15) is 19.2 Å². The van der Waals surface area contributed by atoms with Crippen molar-refractivity contribution in [3.8, 4) is 0 Å². The smallest absolute Gasteiger partial charge is 0.326 e. The summed E-state index contributed by atoms with van der Waals surface area (Å²) in [5.41, 5.74) is 5.57. The minimum atomic E-state index is -1.41. The number of hydrogen-bond donors (Lipinski definition) is 3. The lowest BCUT2D eigenvalue weighted by Gasteiger charge is -2.18. The van der Waals surface area contributed by atoms with Crippen LogP contribution >= 0.6 is 11.6 Å². The Morgan fingerprint density at radius 3 is 2.50 bits per heavy atom. The van der Waals surface area contributed by atoms with Crippen LogP contribution < -0.4 is 16.0 Å². The van der Waals surface area contributed by atoms with Gasteiger partial charge in [0.1, 0.15) is 6.04 Å². The van der Waals surface area contributed by atoms with E-state index in [-0.39, 0.29) is 18.9 Å². The third-order valence-electron chi connectivity index (χ3n) is 3.65. The second-order valence-corrected chi connectivity index (χ2v) is 5.89. The summed E-state index contributed by atoms with van der Waals surface area (Å²) in [6, 6.07) is 5.17. The van der Waals surface area contributed by atoms with E-state index in [0.29, 0.717) is 10.7 Å². The standard InChI is InChI=1S/C15H16ClN3O5/c16-9-1-3-10(4-2-9)19-7-8(5-13(19)21)14(22)18-11(15(23)24)6-12(17)20/h1-4,8,11H,5-7H2,(H2,17,20)(H,18,22)(H,23,24). The molecule has 0 saturated carbocycles. The molecule has 2 atom stereocenters. The number of hydrogen-bond acceptors (Lipinski definition) is 4. The number of benzene rings is 1. The van der Waals surface area contributed by atoms with E-state index >= 15 is 0 Å². The Morgan fingerprint density at radius 2 is 1.96 bits per heavy atom. The second kappa shape index (κ2) is 7.31. The third-order valence-corrected chi connectivity index (χ3v) is 3.91. The fourth-order valence-electron chi connectivity index (χ4n) is 2.44. The molecule has 9 heteroatoms. The lowest BCUT2D eigenvalue weighted by Crippen LogP contribution is -2.46. The molecule has 8 nitrogen and oxygen atoms in total. The molecule has 128 valence electrons. The summed E-state index contributed by atoms with van der Waals surface area (Å²) < 4.78 is 0. The molecule has 2 rings (SSSR count).